The van der Waals surface area contributed by atoms with Crippen LogP contribution in [0.25, 0.3) is 0 Å². The minimum Gasteiger partial charge on any atom is -0.319 e. The fourth-order valence-electron chi connectivity index (χ4n) is 4.47. The molecule has 4 rings (SSSR count). The molecule has 1 aliphatic carbocycles. The zero-order valence-corrected chi connectivity index (χ0v) is 16.4. The summed E-state index contributed by atoms with van der Waals surface area (Å²) in [4.78, 5) is 40.6. The van der Waals surface area contributed by atoms with Gasteiger partial charge in [-0.2, -0.15) is 0 Å². The maximum Gasteiger partial charge on any atom is 0.325 e. The van der Waals surface area contributed by atoms with Gasteiger partial charge in [0.15, 0.2) is 5.78 Å². The van der Waals surface area contributed by atoms with Crippen LogP contribution in [-0.4, -0.2) is 28.7 Å². The molecule has 1 aliphatic heterocycles. The zero-order chi connectivity index (χ0) is 20.1. The highest BCUT2D eigenvalue weighted by Gasteiger charge is 2.55. The summed E-state index contributed by atoms with van der Waals surface area (Å²) in [6.45, 7) is 5.42. The number of nitrogens with zero attached hydrogens (tertiary/aromatic N) is 1. The smallest absolute Gasteiger partial charge is 0.319 e. The largest absolute Gasteiger partial charge is 0.325 e. The van der Waals surface area contributed by atoms with Crippen LogP contribution in [0.1, 0.15) is 52.4 Å². The van der Waals surface area contributed by atoms with Crippen LogP contribution in [-0.2, 0) is 16.8 Å². The number of amides is 3. The number of aryl methyl sites for hydroxylation is 3. The highest BCUT2D eigenvalue weighted by molar-refractivity contribution is 6.13. The Morgan fingerprint density at radius 2 is 1.89 bits per heavy atom. The van der Waals surface area contributed by atoms with Crippen molar-refractivity contribution in [1.82, 2.24) is 10.2 Å². The Morgan fingerprint density at radius 1 is 1.14 bits per heavy atom. The molecule has 28 heavy (non-hydrogen) atoms. The van der Waals surface area contributed by atoms with E-state index in [1.807, 2.05) is 56.3 Å². The van der Waals surface area contributed by atoms with Gasteiger partial charge >= 0.3 is 6.03 Å². The minimum atomic E-state index is -1.05. The van der Waals surface area contributed by atoms with Crippen molar-refractivity contribution in [2.75, 3.05) is 0 Å². The lowest BCUT2D eigenvalue weighted by Crippen LogP contribution is -2.48. The van der Waals surface area contributed by atoms with Gasteiger partial charge in [0.2, 0.25) is 0 Å². The average molecular weight is 376 g/mol. The second-order valence-electron chi connectivity index (χ2n) is 7.88. The second-order valence-corrected chi connectivity index (χ2v) is 7.88. The van der Waals surface area contributed by atoms with E-state index < -0.39 is 17.6 Å². The number of carbonyl (C=O) groups excluding carboxylic acids is 3. The number of fused-ring (bicyclic) bond motifs is 2. The van der Waals surface area contributed by atoms with Gasteiger partial charge in [0.1, 0.15) is 11.6 Å². The van der Waals surface area contributed by atoms with Gasteiger partial charge < -0.3 is 5.32 Å². The number of nitrogens with one attached hydrogen (secondary N) is 1. The maximum atomic E-state index is 13.5. The first-order valence-electron chi connectivity index (χ1n) is 9.71. The molecule has 0 radical (unpaired) electrons. The van der Waals surface area contributed by atoms with Gasteiger partial charge in [-0.15, -0.1) is 0 Å². The summed E-state index contributed by atoms with van der Waals surface area (Å²) in [6, 6.07) is 12.0. The van der Waals surface area contributed by atoms with E-state index in [1.165, 1.54) is 0 Å². The first-order valence-corrected chi connectivity index (χ1v) is 9.71. The average Bonchev–Trinajstić information content (AvgIpc) is 2.93. The summed E-state index contributed by atoms with van der Waals surface area (Å²) in [6.07, 6.45) is 2.25. The Balaban J connectivity index is 1.71. The zero-order valence-electron chi connectivity index (χ0n) is 16.4. The Bertz CT molecular complexity index is 997. The number of imide groups is 1. The Labute approximate surface area is 164 Å². The van der Waals surface area contributed by atoms with Crippen LogP contribution in [0.5, 0.6) is 0 Å². The normalized spacial score (nSPS) is 22.2. The molecule has 0 bridgehead atoms. The summed E-state index contributed by atoms with van der Waals surface area (Å²) in [5.74, 6) is -0.540. The fraction of sp³-hybridized carbons (Fsp3) is 0.348. The molecular weight excluding hydrogens is 352 g/mol. The van der Waals surface area contributed by atoms with Gasteiger partial charge in [-0.1, -0.05) is 42.0 Å². The van der Waals surface area contributed by atoms with Crippen molar-refractivity contribution < 1.29 is 14.4 Å². The van der Waals surface area contributed by atoms with Gasteiger partial charge in [-0.3, -0.25) is 14.5 Å². The van der Waals surface area contributed by atoms with Crippen LogP contribution in [0.2, 0.25) is 0 Å². The van der Waals surface area contributed by atoms with Crippen LogP contribution in [0.4, 0.5) is 4.79 Å². The monoisotopic (exact) mass is 376 g/mol. The summed E-state index contributed by atoms with van der Waals surface area (Å²) in [7, 11) is 0. The van der Waals surface area contributed by atoms with Gasteiger partial charge in [-0.05, 0) is 62.8 Å². The molecule has 5 nitrogen and oxygen atoms in total. The number of ketones is 1. The van der Waals surface area contributed by atoms with Crippen molar-refractivity contribution in [2.24, 2.45) is 0 Å². The molecule has 3 amide bonds. The number of rotatable bonds is 3. The molecule has 2 atom stereocenters. The predicted molar refractivity (Wildman–Crippen MR) is 106 cm³/mol. The second kappa shape index (κ2) is 6.59. The predicted octanol–water partition coefficient (Wildman–Crippen LogP) is 3.66. The summed E-state index contributed by atoms with van der Waals surface area (Å²) in [5.41, 5.74) is 3.25. The van der Waals surface area contributed by atoms with E-state index in [1.54, 1.807) is 6.92 Å². The first kappa shape index (κ1) is 18.4. The van der Waals surface area contributed by atoms with Crippen molar-refractivity contribution in [3.05, 3.63) is 70.3 Å². The van der Waals surface area contributed by atoms with E-state index in [0.717, 1.165) is 40.0 Å². The number of hydrogen-bond donors (Lipinski definition) is 1. The standard InChI is InChI=1S/C23H24N2O3/c1-14-10-11-15(2)18(13-14)20(26)16(3)25-21(27)23(24-22(25)28)12-6-8-17-7-4-5-9-19(17)23/h4-5,7,9-11,13,16H,6,8,12H2,1-3H3,(H,24,28)/t16-,23+/m1/s1. The third kappa shape index (κ3) is 2.65. The minimum absolute atomic E-state index is 0.217. The molecule has 144 valence electrons. The van der Waals surface area contributed by atoms with Crippen LogP contribution in [0.3, 0.4) is 0 Å². The van der Waals surface area contributed by atoms with Gasteiger partial charge in [0.25, 0.3) is 5.91 Å². The van der Waals surface area contributed by atoms with Crippen LogP contribution >= 0.6 is 0 Å². The SMILES string of the molecule is Cc1ccc(C)c(C(=O)[C@@H](C)N2C(=O)N[C@]3(CCCc4ccccc43)C2=O)c1. The lowest BCUT2D eigenvalue weighted by Gasteiger charge is -2.33. The van der Waals surface area contributed by atoms with Gasteiger partial charge in [0.05, 0.1) is 0 Å². The van der Waals surface area contributed by atoms with Crippen molar-refractivity contribution >= 4 is 17.7 Å². The lowest BCUT2D eigenvalue weighted by atomic mass is 9.76. The fourth-order valence-corrected chi connectivity index (χ4v) is 4.47. The van der Waals surface area contributed by atoms with Gasteiger partial charge in [-0.25, -0.2) is 4.79 Å². The quantitative estimate of drug-likeness (QED) is 0.657. The van der Waals surface area contributed by atoms with Crippen LogP contribution < -0.4 is 5.32 Å². The molecule has 0 saturated carbocycles. The highest BCUT2D eigenvalue weighted by Crippen LogP contribution is 2.40. The molecule has 5 heteroatoms. The number of hydrogen-bond acceptors (Lipinski definition) is 3. The maximum absolute atomic E-state index is 13.5. The molecule has 1 saturated heterocycles. The highest BCUT2D eigenvalue weighted by atomic mass is 16.2. The third-order valence-electron chi connectivity index (χ3n) is 6.02. The van der Waals surface area contributed by atoms with Crippen molar-refractivity contribution in [3.63, 3.8) is 0 Å². The molecule has 1 spiro atoms. The molecule has 2 aromatic rings. The number of benzene rings is 2. The Morgan fingerprint density at radius 3 is 2.68 bits per heavy atom. The van der Waals surface area contributed by atoms with E-state index in [9.17, 15) is 14.4 Å². The number of carbonyl (C=O) groups is 3. The molecule has 1 fully saturated rings. The van der Waals surface area contributed by atoms with E-state index in [0.29, 0.717) is 12.0 Å². The molecule has 2 aliphatic rings. The number of urea groups is 1. The van der Waals surface area contributed by atoms with E-state index >= 15 is 0 Å². The number of Topliss-reactive ketones (excluding diaryl/α,β-unsaturated/α-hetero) is 1. The molecule has 1 N–H and O–H groups in total. The van der Waals surface area contributed by atoms with Crippen molar-refractivity contribution in [3.8, 4) is 0 Å². The Hall–Kier alpha value is -2.95. The summed E-state index contributed by atoms with van der Waals surface area (Å²) in [5, 5.41) is 2.92. The van der Waals surface area contributed by atoms with E-state index in [4.69, 9.17) is 0 Å². The topological polar surface area (TPSA) is 66.5 Å². The molecule has 1 heterocycles. The third-order valence-corrected chi connectivity index (χ3v) is 6.02. The summed E-state index contributed by atoms with van der Waals surface area (Å²) < 4.78 is 0. The molecular formula is C23H24N2O3. The van der Waals surface area contributed by atoms with E-state index in [-0.39, 0.29) is 11.7 Å². The van der Waals surface area contributed by atoms with E-state index in [2.05, 4.69) is 5.32 Å². The van der Waals surface area contributed by atoms with Crippen molar-refractivity contribution in [1.29, 1.82) is 0 Å². The van der Waals surface area contributed by atoms with Crippen LogP contribution in [0.15, 0.2) is 42.5 Å². The first-order chi connectivity index (χ1) is 13.3. The molecule has 0 aromatic heterocycles. The van der Waals surface area contributed by atoms with Gasteiger partial charge in [0, 0.05) is 5.56 Å². The summed E-state index contributed by atoms with van der Waals surface area (Å²) >= 11 is 0. The molecule has 2 aromatic carbocycles. The lowest BCUT2D eigenvalue weighted by molar-refractivity contribution is -0.133. The molecule has 0 unspecified atom stereocenters. The van der Waals surface area contributed by atoms with Crippen LogP contribution in [0, 0.1) is 13.8 Å². The van der Waals surface area contributed by atoms with Crippen molar-refractivity contribution in [2.45, 2.75) is 51.6 Å². The Kier molecular flexibility index (Phi) is 4.33.